The van der Waals surface area contributed by atoms with Crippen LogP contribution in [0, 0.1) is 5.82 Å². The van der Waals surface area contributed by atoms with E-state index in [1.807, 2.05) is 32.9 Å². The van der Waals surface area contributed by atoms with Crippen molar-refractivity contribution in [2.75, 3.05) is 17.1 Å². The highest BCUT2D eigenvalue weighted by Crippen LogP contribution is 2.26. The monoisotopic (exact) mass is 533 g/mol. The van der Waals surface area contributed by atoms with E-state index in [2.05, 4.69) is 26.1 Å². The molecular formula is C28H40FN3O4S. The van der Waals surface area contributed by atoms with Crippen molar-refractivity contribution in [3.05, 3.63) is 65.5 Å². The van der Waals surface area contributed by atoms with Crippen molar-refractivity contribution in [2.45, 2.75) is 78.4 Å². The first kappa shape index (κ1) is 30.3. The molecule has 0 aliphatic carbocycles. The van der Waals surface area contributed by atoms with Crippen molar-refractivity contribution < 1.29 is 22.4 Å². The average Bonchev–Trinajstić information content (AvgIpc) is 2.76. The van der Waals surface area contributed by atoms with Crippen molar-refractivity contribution in [1.82, 2.24) is 10.2 Å². The Hall–Kier alpha value is -2.94. The van der Waals surface area contributed by atoms with E-state index < -0.39 is 39.9 Å². The van der Waals surface area contributed by atoms with Gasteiger partial charge in [-0.25, -0.2) is 12.8 Å². The van der Waals surface area contributed by atoms with Gasteiger partial charge in [0.15, 0.2) is 0 Å². The molecule has 1 N–H and O–H groups in total. The maximum Gasteiger partial charge on any atom is 0.244 e. The third-order valence-corrected chi connectivity index (χ3v) is 6.99. The van der Waals surface area contributed by atoms with Gasteiger partial charge in [-0.2, -0.15) is 0 Å². The molecule has 0 saturated heterocycles. The topological polar surface area (TPSA) is 86.8 Å². The Balaban J connectivity index is 2.46. The molecule has 37 heavy (non-hydrogen) atoms. The molecule has 0 saturated carbocycles. The summed E-state index contributed by atoms with van der Waals surface area (Å²) < 4.78 is 40.1. The van der Waals surface area contributed by atoms with E-state index in [1.54, 1.807) is 31.2 Å². The molecule has 0 heterocycles. The van der Waals surface area contributed by atoms with Gasteiger partial charge >= 0.3 is 0 Å². The average molecular weight is 534 g/mol. The van der Waals surface area contributed by atoms with Crippen LogP contribution < -0.4 is 9.62 Å². The third kappa shape index (κ3) is 8.84. The lowest BCUT2D eigenvalue weighted by Crippen LogP contribution is -2.55. The van der Waals surface area contributed by atoms with Crippen LogP contribution in [0.15, 0.2) is 48.5 Å². The van der Waals surface area contributed by atoms with Crippen molar-refractivity contribution in [3.63, 3.8) is 0 Å². The molecule has 7 nitrogen and oxygen atoms in total. The SMILES string of the molecule is CCC(C(=O)NC(C)(C)C)N(Cc1ccc(F)cc1)C(=O)CN(c1ccc(C(C)(C)C)cc1)S(C)(=O)=O. The van der Waals surface area contributed by atoms with Crippen LogP contribution in [0.2, 0.25) is 0 Å². The predicted octanol–water partition coefficient (Wildman–Crippen LogP) is 4.61. The molecule has 0 bridgehead atoms. The van der Waals surface area contributed by atoms with E-state index in [4.69, 9.17) is 0 Å². The number of amides is 2. The highest BCUT2D eigenvalue weighted by Gasteiger charge is 2.33. The van der Waals surface area contributed by atoms with Crippen LogP contribution in [0.1, 0.15) is 66.0 Å². The molecule has 2 aromatic carbocycles. The normalized spacial score (nSPS) is 13.1. The zero-order valence-electron chi connectivity index (χ0n) is 23.1. The second-order valence-electron chi connectivity index (χ2n) is 11.4. The molecule has 0 spiro atoms. The van der Waals surface area contributed by atoms with Gasteiger partial charge in [0, 0.05) is 12.1 Å². The number of benzene rings is 2. The van der Waals surface area contributed by atoms with Crippen LogP contribution in [0.4, 0.5) is 10.1 Å². The summed E-state index contributed by atoms with van der Waals surface area (Å²) in [4.78, 5) is 28.2. The summed E-state index contributed by atoms with van der Waals surface area (Å²) >= 11 is 0. The molecule has 0 aliphatic heterocycles. The Morgan fingerprint density at radius 3 is 1.92 bits per heavy atom. The van der Waals surface area contributed by atoms with Crippen LogP contribution in [0.3, 0.4) is 0 Å². The van der Waals surface area contributed by atoms with E-state index in [0.717, 1.165) is 16.1 Å². The van der Waals surface area contributed by atoms with Crippen LogP contribution in [0.25, 0.3) is 0 Å². The van der Waals surface area contributed by atoms with Crippen LogP contribution in [0.5, 0.6) is 0 Å². The third-order valence-electron chi connectivity index (χ3n) is 5.85. The second kappa shape index (κ2) is 11.6. The molecule has 1 unspecified atom stereocenters. The van der Waals surface area contributed by atoms with Gasteiger partial charge in [0.1, 0.15) is 18.4 Å². The minimum atomic E-state index is -3.82. The fourth-order valence-corrected chi connectivity index (χ4v) is 4.75. The number of carbonyl (C=O) groups is 2. The highest BCUT2D eigenvalue weighted by molar-refractivity contribution is 7.92. The summed E-state index contributed by atoms with van der Waals surface area (Å²) in [5.74, 6) is -1.29. The first-order chi connectivity index (χ1) is 16.9. The molecule has 9 heteroatoms. The minimum Gasteiger partial charge on any atom is -0.350 e. The quantitative estimate of drug-likeness (QED) is 0.510. The van der Waals surface area contributed by atoms with Gasteiger partial charge in [-0.05, 0) is 68.0 Å². The number of nitrogens with one attached hydrogen (secondary N) is 1. The van der Waals surface area contributed by atoms with Crippen LogP contribution >= 0.6 is 0 Å². The number of rotatable bonds is 9. The summed E-state index contributed by atoms with van der Waals surface area (Å²) in [6, 6.07) is 11.9. The lowest BCUT2D eigenvalue weighted by molar-refractivity contribution is -0.141. The summed E-state index contributed by atoms with van der Waals surface area (Å²) in [5.41, 5.74) is 1.36. The Morgan fingerprint density at radius 1 is 0.946 bits per heavy atom. The van der Waals surface area contributed by atoms with E-state index in [0.29, 0.717) is 17.7 Å². The van der Waals surface area contributed by atoms with E-state index in [9.17, 15) is 22.4 Å². The van der Waals surface area contributed by atoms with E-state index >= 15 is 0 Å². The smallest absolute Gasteiger partial charge is 0.244 e. The fraction of sp³-hybridized carbons (Fsp3) is 0.500. The zero-order valence-corrected chi connectivity index (χ0v) is 23.9. The standard InChI is InChI=1S/C28H40FN3O4S/c1-9-24(26(34)30-28(5,6)7)31(18-20-10-14-22(29)15-11-20)25(33)19-32(37(8,35)36)23-16-12-21(13-17-23)27(2,3)4/h10-17,24H,9,18-19H2,1-8H3,(H,30,34). The van der Waals surface area contributed by atoms with Crippen LogP contribution in [-0.4, -0.2) is 49.5 Å². The summed E-state index contributed by atoms with van der Waals surface area (Å²) in [6.45, 7) is 13.0. The zero-order chi connectivity index (χ0) is 28.2. The van der Waals surface area contributed by atoms with Gasteiger partial charge in [-0.15, -0.1) is 0 Å². The minimum absolute atomic E-state index is 0.0236. The Kier molecular flexibility index (Phi) is 9.52. The molecule has 2 amide bonds. The van der Waals surface area contributed by atoms with E-state index in [1.165, 1.54) is 17.0 Å². The van der Waals surface area contributed by atoms with Gasteiger partial charge < -0.3 is 10.2 Å². The molecule has 204 valence electrons. The molecule has 2 rings (SSSR count). The Labute approximate surface area is 221 Å². The van der Waals surface area contributed by atoms with Crippen molar-refractivity contribution in [3.8, 4) is 0 Å². The summed E-state index contributed by atoms with van der Waals surface area (Å²) in [5, 5.41) is 2.91. The van der Waals surface area contributed by atoms with Gasteiger partial charge in [-0.3, -0.25) is 13.9 Å². The second-order valence-corrected chi connectivity index (χ2v) is 13.3. The molecule has 0 radical (unpaired) electrons. The first-order valence-corrected chi connectivity index (χ1v) is 14.2. The molecule has 0 fully saturated rings. The molecular weight excluding hydrogens is 493 g/mol. The van der Waals surface area contributed by atoms with Gasteiger partial charge in [0.05, 0.1) is 11.9 Å². The highest BCUT2D eigenvalue weighted by atomic mass is 32.2. The Bertz CT molecular complexity index is 1180. The van der Waals surface area contributed by atoms with Gasteiger partial charge in [0.25, 0.3) is 0 Å². The van der Waals surface area contributed by atoms with E-state index in [-0.39, 0.29) is 17.9 Å². The maximum absolute atomic E-state index is 13.7. The fourth-order valence-electron chi connectivity index (χ4n) is 3.90. The molecule has 2 aromatic rings. The number of halogens is 1. The maximum atomic E-state index is 13.7. The number of nitrogens with zero attached hydrogens (tertiary/aromatic N) is 2. The summed E-state index contributed by atoms with van der Waals surface area (Å²) in [7, 11) is -3.82. The van der Waals surface area contributed by atoms with Gasteiger partial charge in [0.2, 0.25) is 21.8 Å². The first-order valence-electron chi connectivity index (χ1n) is 12.4. The van der Waals surface area contributed by atoms with Crippen molar-refractivity contribution in [1.29, 1.82) is 0 Å². The van der Waals surface area contributed by atoms with Crippen molar-refractivity contribution in [2.24, 2.45) is 0 Å². The molecule has 0 aromatic heterocycles. The number of hydrogen-bond acceptors (Lipinski definition) is 4. The summed E-state index contributed by atoms with van der Waals surface area (Å²) in [6.07, 6.45) is 1.36. The van der Waals surface area contributed by atoms with Gasteiger partial charge in [-0.1, -0.05) is 52.0 Å². The lowest BCUT2D eigenvalue weighted by Gasteiger charge is -2.34. The van der Waals surface area contributed by atoms with Crippen LogP contribution in [-0.2, 0) is 31.6 Å². The largest absolute Gasteiger partial charge is 0.350 e. The number of sulfonamides is 1. The molecule has 0 aliphatic rings. The Morgan fingerprint density at radius 2 is 1.49 bits per heavy atom. The number of carbonyl (C=O) groups excluding carboxylic acids is 2. The van der Waals surface area contributed by atoms with Crippen molar-refractivity contribution >= 4 is 27.5 Å². The number of hydrogen-bond donors (Lipinski definition) is 1. The molecule has 1 atom stereocenters. The number of anilines is 1. The predicted molar refractivity (Wildman–Crippen MR) is 146 cm³/mol. The lowest BCUT2D eigenvalue weighted by atomic mass is 9.87.